The number of rotatable bonds is 7. The van der Waals surface area contributed by atoms with Gasteiger partial charge in [-0.1, -0.05) is 17.3 Å². The summed E-state index contributed by atoms with van der Waals surface area (Å²) in [4.78, 5) is 17.7. The van der Waals surface area contributed by atoms with Crippen LogP contribution >= 0.6 is 0 Å². The fraction of sp³-hybridized carbons (Fsp3) is 0.353. The van der Waals surface area contributed by atoms with Gasteiger partial charge in [-0.2, -0.15) is 5.10 Å². The van der Waals surface area contributed by atoms with Crippen molar-refractivity contribution in [1.82, 2.24) is 9.78 Å². The molecular weight excluding hydrogens is 324 g/mol. The molecule has 1 aliphatic rings. The lowest BCUT2D eigenvalue weighted by Gasteiger charge is -2.08. The van der Waals surface area contributed by atoms with Crippen LogP contribution in [0.3, 0.4) is 0 Å². The minimum absolute atomic E-state index is 0.274. The van der Waals surface area contributed by atoms with Gasteiger partial charge in [-0.05, 0) is 19.1 Å². The van der Waals surface area contributed by atoms with Gasteiger partial charge in [0, 0.05) is 18.6 Å². The summed E-state index contributed by atoms with van der Waals surface area (Å²) in [5, 5.41) is 10.9. The van der Waals surface area contributed by atoms with Crippen LogP contribution < -0.4 is 10.1 Å². The van der Waals surface area contributed by atoms with E-state index >= 15 is 0 Å². The number of oxime groups is 1. The van der Waals surface area contributed by atoms with Crippen molar-refractivity contribution < 1.29 is 19.1 Å². The van der Waals surface area contributed by atoms with E-state index in [1.54, 1.807) is 24.2 Å². The number of anilines is 1. The number of ether oxygens (including phenoxy) is 2. The zero-order valence-corrected chi connectivity index (χ0v) is 14.1. The summed E-state index contributed by atoms with van der Waals surface area (Å²) in [5.41, 5.74) is 2.09. The Morgan fingerprint density at radius 2 is 2.28 bits per heavy atom. The molecule has 0 saturated heterocycles. The van der Waals surface area contributed by atoms with E-state index in [1.807, 2.05) is 31.2 Å². The number of para-hydroxylation sites is 1. The molecule has 8 nitrogen and oxygen atoms in total. The van der Waals surface area contributed by atoms with Crippen molar-refractivity contribution in [2.24, 2.45) is 5.16 Å². The van der Waals surface area contributed by atoms with Crippen molar-refractivity contribution in [1.29, 1.82) is 0 Å². The van der Waals surface area contributed by atoms with E-state index < -0.39 is 6.10 Å². The van der Waals surface area contributed by atoms with Crippen LogP contribution in [-0.2, 0) is 21.1 Å². The minimum atomic E-state index is -0.685. The molecule has 3 rings (SSSR count). The van der Waals surface area contributed by atoms with E-state index in [2.05, 4.69) is 15.6 Å². The summed E-state index contributed by atoms with van der Waals surface area (Å²) in [5.74, 6) is 0.424. The first-order valence-electron chi connectivity index (χ1n) is 7.98. The normalized spacial score (nSPS) is 16.2. The van der Waals surface area contributed by atoms with Crippen molar-refractivity contribution in [3.8, 4) is 5.75 Å². The average Bonchev–Trinajstić information content (AvgIpc) is 3.29. The van der Waals surface area contributed by atoms with Gasteiger partial charge in [0.15, 0.2) is 0 Å². The molecule has 2 heterocycles. The standard InChI is InChI=1S/C17H20N4O4/c1-3-24-11-21-10-12(9-18-21)19-17(22)16-8-14(20-25-16)13-6-4-5-7-15(13)23-2/h4-7,9-10,16H,3,8,11H2,1-2H3,(H,19,22). The number of hydrogen-bond acceptors (Lipinski definition) is 6. The molecule has 0 bridgehead atoms. The molecule has 1 unspecified atom stereocenters. The Balaban J connectivity index is 1.59. The minimum Gasteiger partial charge on any atom is -0.496 e. The molecule has 1 aromatic heterocycles. The Morgan fingerprint density at radius 3 is 3.08 bits per heavy atom. The predicted octanol–water partition coefficient (Wildman–Crippen LogP) is 2.02. The number of carbonyl (C=O) groups is 1. The summed E-state index contributed by atoms with van der Waals surface area (Å²) in [7, 11) is 1.60. The van der Waals surface area contributed by atoms with Gasteiger partial charge in [-0.25, -0.2) is 4.68 Å². The molecule has 0 saturated carbocycles. The fourth-order valence-electron chi connectivity index (χ4n) is 2.47. The predicted molar refractivity (Wildman–Crippen MR) is 91.5 cm³/mol. The SMILES string of the molecule is CCOCn1cc(NC(=O)C2CC(c3ccccc3OC)=NO2)cn1. The van der Waals surface area contributed by atoms with Gasteiger partial charge >= 0.3 is 0 Å². The molecular formula is C17H20N4O4. The summed E-state index contributed by atoms with van der Waals surface area (Å²) in [6.45, 7) is 2.84. The van der Waals surface area contributed by atoms with Gasteiger partial charge in [0.25, 0.3) is 5.91 Å². The van der Waals surface area contributed by atoms with Gasteiger partial charge in [0.2, 0.25) is 6.10 Å². The number of methoxy groups -OCH3 is 1. The molecule has 0 fully saturated rings. The number of hydrogen-bond donors (Lipinski definition) is 1. The highest BCUT2D eigenvalue weighted by molar-refractivity contribution is 6.07. The van der Waals surface area contributed by atoms with Crippen molar-refractivity contribution in [2.75, 3.05) is 19.0 Å². The molecule has 1 aromatic carbocycles. The van der Waals surface area contributed by atoms with Gasteiger partial charge in [0.1, 0.15) is 12.5 Å². The average molecular weight is 344 g/mol. The van der Waals surface area contributed by atoms with Crippen LogP contribution in [0.5, 0.6) is 5.75 Å². The van der Waals surface area contributed by atoms with Gasteiger partial charge in [0.05, 0.1) is 30.9 Å². The number of benzene rings is 1. The zero-order chi connectivity index (χ0) is 17.6. The molecule has 8 heteroatoms. The second-order valence-electron chi connectivity index (χ2n) is 5.42. The van der Waals surface area contributed by atoms with Crippen molar-refractivity contribution in [3.05, 3.63) is 42.2 Å². The summed E-state index contributed by atoms with van der Waals surface area (Å²) < 4.78 is 12.2. The molecule has 0 spiro atoms. The molecule has 1 amide bonds. The Labute approximate surface area is 145 Å². The number of aromatic nitrogens is 2. The van der Waals surface area contributed by atoms with Gasteiger partial charge in [-0.3, -0.25) is 4.79 Å². The largest absolute Gasteiger partial charge is 0.496 e. The third-order valence-electron chi connectivity index (χ3n) is 3.71. The van der Waals surface area contributed by atoms with E-state index in [4.69, 9.17) is 14.3 Å². The number of nitrogens with one attached hydrogen (secondary N) is 1. The smallest absolute Gasteiger partial charge is 0.268 e. The van der Waals surface area contributed by atoms with Crippen LogP contribution in [0.1, 0.15) is 18.9 Å². The molecule has 1 aliphatic heterocycles. The second-order valence-corrected chi connectivity index (χ2v) is 5.42. The maximum Gasteiger partial charge on any atom is 0.268 e. The van der Waals surface area contributed by atoms with Crippen LogP contribution in [0.4, 0.5) is 5.69 Å². The highest BCUT2D eigenvalue weighted by atomic mass is 16.6. The van der Waals surface area contributed by atoms with E-state index in [0.29, 0.717) is 36.9 Å². The first-order chi connectivity index (χ1) is 12.2. The van der Waals surface area contributed by atoms with Crippen molar-refractivity contribution in [2.45, 2.75) is 26.2 Å². The Kier molecular flexibility index (Phi) is 5.30. The lowest BCUT2D eigenvalue weighted by Crippen LogP contribution is -2.27. The van der Waals surface area contributed by atoms with Crippen LogP contribution in [0.2, 0.25) is 0 Å². The quantitative estimate of drug-likeness (QED) is 0.830. The highest BCUT2D eigenvalue weighted by Gasteiger charge is 2.30. The Morgan fingerprint density at radius 1 is 1.44 bits per heavy atom. The Bertz CT molecular complexity index is 772. The number of amides is 1. The lowest BCUT2D eigenvalue weighted by atomic mass is 10.0. The molecule has 2 aromatic rings. The van der Waals surface area contributed by atoms with E-state index in [0.717, 1.165) is 5.56 Å². The summed E-state index contributed by atoms with van der Waals surface area (Å²) >= 11 is 0. The number of carbonyl (C=O) groups excluding carboxylic acids is 1. The molecule has 1 atom stereocenters. The summed E-state index contributed by atoms with van der Waals surface area (Å²) in [6, 6.07) is 7.50. The maximum absolute atomic E-state index is 12.4. The first kappa shape index (κ1) is 17.0. The molecule has 0 radical (unpaired) electrons. The van der Waals surface area contributed by atoms with Crippen molar-refractivity contribution >= 4 is 17.3 Å². The topological polar surface area (TPSA) is 87.0 Å². The monoisotopic (exact) mass is 344 g/mol. The highest BCUT2D eigenvalue weighted by Crippen LogP contribution is 2.25. The van der Waals surface area contributed by atoms with Crippen molar-refractivity contribution in [3.63, 3.8) is 0 Å². The molecule has 0 aliphatic carbocycles. The fourth-order valence-corrected chi connectivity index (χ4v) is 2.47. The number of nitrogens with zero attached hydrogens (tertiary/aromatic N) is 3. The second kappa shape index (κ2) is 7.80. The third kappa shape index (κ3) is 3.97. The third-order valence-corrected chi connectivity index (χ3v) is 3.71. The van der Waals surface area contributed by atoms with E-state index in [-0.39, 0.29) is 5.91 Å². The summed E-state index contributed by atoms with van der Waals surface area (Å²) in [6.07, 6.45) is 2.95. The molecule has 1 N–H and O–H groups in total. The van der Waals surface area contributed by atoms with Gasteiger partial charge < -0.3 is 19.6 Å². The Hall–Kier alpha value is -2.87. The first-order valence-corrected chi connectivity index (χ1v) is 7.98. The zero-order valence-electron chi connectivity index (χ0n) is 14.1. The van der Waals surface area contributed by atoms with E-state index in [9.17, 15) is 4.79 Å². The van der Waals surface area contributed by atoms with Crippen LogP contribution in [-0.4, -0.2) is 41.2 Å². The maximum atomic E-state index is 12.4. The molecule has 25 heavy (non-hydrogen) atoms. The molecule has 132 valence electrons. The van der Waals surface area contributed by atoms with Crippen LogP contribution in [0.15, 0.2) is 41.8 Å². The van der Waals surface area contributed by atoms with Crippen LogP contribution in [0.25, 0.3) is 0 Å². The van der Waals surface area contributed by atoms with E-state index in [1.165, 1.54) is 0 Å². The van der Waals surface area contributed by atoms with Crippen LogP contribution in [0, 0.1) is 0 Å². The lowest BCUT2D eigenvalue weighted by molar-refractivity contribution is -0.125. The van der Waals surface area contributed by atoms with Gasteiger partial charge in [-0.15, -0.1) is 0 Å².